The summed E-state index contributed by atoms with van der Waals surface area (Å²) in [5.41, 5.74) is 1.35. The molecule has 7 heteroatoms. The average molecular weight is 317 g/mol. The molecule has 1 atom stereocenters. The van der Waals surface area contributed by atoms with Crippen molar-refractivity contribution in [1.82, 2.24) is 15.0 Å². The molecule has 2 aromatic rings. The maximum absolute atomic E-state index is 10.4. The van der Waals surface area contributed by atoms with E-state index >= 15 is 0 Å². The largest absolute Gasteiger partial charge is 0.352 e. The Morgan fingerprint density at radius 3 is 2.82 bits per heavy atom. The van der Waals surface area contributed by atoms with Crippen LogP contribution in [0.2, 0.25) is 0 Å². The maximum Gasteiger partial charge on any atom is 0.233 e. The van der Waals surface area contributed by atoms with Crippen LogP contribution >= 0.6 is 11.8 Å². The third-order valence-electron chi connectivity index (χ3n) is 3.17. The number of rotatable bonds is 8. The minimum atomic E-state index is 0.210. The topological polar surface area (TPSA) is 79.8 Å². The molecule has 0 bridgehead atoms. The van der Waals surface area contributed by atoms with Gasteiger partial charge in [0.25, 0.3) is 0 Å². The second kappa shape index (κ2) is 8.33. The molecule has 1 unspecified atom stereocenters. The van der Waals surface area contributed by atoms with E-state index in [0.717, 1.165) is 12.8 Å². The number of carbonyl (C=O) groups is 1. The molecule has 0 spiro atoms. The monoisotopic (exact) mass is 317 g/mol. The molecular formula is C15H19N5OS. The van der Waals surface area contributed by atoms with Gasteiger partial charge in [0.05, 0.1) is 0 Å². The highest BCUT2D eigenvalue weighted by molar-refractivity contribution is 7.98. The predicted molar refractivity (Wildman–Crippen MR) is 89.1 cm³/mol. The zero-order valence-corrected chi connectivity index (χ0v) is 13.4. The fourth-order valence-corrected chi connectivity index (χ4v) is 2.71. The first-order valence-corrected chi connectivity index (χ1v) is 8.23. The summed E-state index contributed by atoms with van der Waals surface area (Å²) < 4.78 is 0. The molecule has 6 nitrogen and oxygen atoms in total. The number of thioether (sulfide) groups is 1. The molecule has 1 aromatic carbocycles. The molecule has 0 fully saturated rings. The third-order valence-corrected chi connectivity index (χ3v) is 4.01. The Morgan fingerprint density at radius 2 is 2.05 bits per heavy atom. The van der Waals surface area contributed by atoms with Crippen LogP contribution in [0, 0.1) is 0 Å². The molecule has 22 heavy (non-hydrogen) atoms. The van der Waals surface area contributed by atoms with Crippen molar-refractivity contribution in [3.05, 3.63) is 36.2 Å². The second-order valence-corrected chi connectivity index (χ2v) is 5.64. The summed E-state index contributed by atoms with van der Waals surface area (Å²) in [6, 6.07) is 8.64. The van der Waals surface area contributed by atoms with Gasteiger partial charge in [0.2, 0.25) is 18.3 Å². The number of amides is 1. The van der Waals surface area contributed by atoms with Crippen LogP contribution in [0.4, 0.5) is 11.9 Å². The lowest BCUT2D eigenvalue weighted by Crippen LogP contribution is -2.18. The zero-order valence-electron chi connectivity index (χ0n) is 12.6. The molecule has 0 aliphatic carbocycles. The van der Waals surface area contributed by atoms with Crippen molar-refractivity contribution in [1.29, 1.82) is 0 Å². The van der Waals surface area contributed by atoms with Gasteiger partial charge in [-0.15, -0.1) is 11.8 Å². The number of carbonyl (C=O) groups excluding carboxylic acids is 1. The number of aryl methyl sites for hydroxylation is 1. The number of hydrogen-bond donors (Lipinski definition) is 2. The zero-order chi connectivity index (χ0) is 15.8. The molecule has 1 amide bonds. The number of nitrogens with one attached hydrogen (secondary N) is 2. The molecule has 2 rings (SSSR count). The Balaban J connectivity index is 1.91. The number of benzene rings is 1. The Kier molecular flexibility index (Phi) is 6.14. The molecule has 0 saturated carbocycles. The average Bonchev–Trinajstić information content (AvgIpc) is 2.54. The normalized spacial score (nSPS) is 11.7. The van der Waals surface area contributed by atoms with Crippen LogP contribution in [-0.4, -0.2) is 33.7 Å². The van der Waals surface area contributed by atoms with Crippen molar-refractivity contribution >= 4 is 30.1 Å². The second-order valence-electron chi connectivity index (χ2n) is 4.79. The van der Waals surface area contributed by atoms with Crippen molar-refractivity contribution in [2.24, 2.45) is 0 Å². The van der Waals surface area contributed by atoms with E-state index in [4.69, 9.17) is 0 Å². The summed E-state index contributed by atoms with van der Waals surface area (Å²) in [5.74, 6) is 0.706. The fourth-order valence-electron chi connectivity index (χ4n) is 2.06. The van der Waals surface area contributed by atoms with E-state index in [0.29, 0.717) is 12.4 Å². The van der Waals surface area contributed by atoms with Crippen molar-refractivity contribution in [2.45, 2.75) is 30.7 Å². The summed E-state index contributed by atoms with van der Waals surface area (Å²) >= 11 is 1.76. The van der Waals surface area contributed by atoms with Gasteiger partial charge < -0.3 is 5.32 Å². The van der Waals surface area contributed by atoms with Crippen molar-refractivity contribution in [3.8, 4) is 0 Å². The van der Waals surface area contributed by atoms with Crippen molar-refractivity contribution in [3.63, 3.8) is 0 Å². The van der Waals surface area contributed by atoms with E-state index in [9.17, 15) is 4.79 Å². The van der Waals surface area contributed by atoms with E-state index in [1.54, 1.807) is 11.8 Å². The maximum atomic E-state index is 10.4. The van der Waals surface area contributed by atoms with Crippen LogP contribution < -0.4 is 10.6 Å². The Bertz CT molecular complexity index is 622. The van der Waals surface area contributed by atoms with Gasteiger partial charge in [0.1, 0.15) is 6.33 Å². The van der Waals surface area contributed by atoms with Gasteiger partial charge in [-0.25, -0.2) is 9.97 Å². The Labute approximate surface area is 134 Å². The highest BCUT2D eigenvalue weighted by Gasteiger charge is 2.07. The van der Waals surface area contributed by atoms with E-state index in [2.05, 4.69) is 63.0 Å². The van der Waals surface area contributed by atoms with Crippen LogP contribution in [0.5, 0.6) is 0 Å². The summed E-state index contributed by atoms with van der Waals surface area (Å²) in [4.78, 5) is 23.7. The van der Waals surface area contributed by atoms with Gasteiger partial charge in [-0.1, -0.05) is 18.2 Å². The number of hydrogen-bond acceptors (Lipinski definition) is 6. The molecule has 0 radical (unpaired) electrons. The van der Waals surface area contributed by atoms with Crippen molar-refractivity contribution in [2.75, 3.05) is 16.9 Å². The van der Waals surface area contributed by atoms with Gasteiger partial charge in [-0.05, 0) is 37.7 Å². The first kappa shape index (κ1) is 16.2. The minimum Gasteiger partial charge on any atom is -0.352 e. The van der Waals surface area contributed by atoms with Crippen LogP contribution in [0.15, 0.2) is 35.5 Å². The molecule has 1 aromatic heterocycles. The van der Waals surface area contributed by atoms with E-state index in [1.165, 1.54) is 16.8 Å². The summed E-state index contributed by atoms with van der Waals surface area (Å²) in [7, 11) is 0. The summed E-state index contributed by atoms with van der Waals surface area (Å²) in [6.07, 6.45) is 5.95. The van der Waals surface area contributed by atoms with Crippen molar-refractivity contribution < 1.29 is 4.79 Å². The summed E-state index contributed by atoms with van der Waals surface area (Å²) in [6.45, 7) is 2.08. The lowest BCUT2D eigenvalue weighted by molar-refractivity contribution is -0.105. The highest BCUT2D eigenvalue weighted by atomic mass is 32.2. The van der Waals surface area contributed by atoms with Crippen LogP contribution in [-0.2, 0) is 11.2 Å². The molecule has 116 valence electrons. The van der Waals surface area contributed by atoms with Gasteiger partial charge in [-0.2, -0.15) is 4.98 Å². The Hall–Kier alpha value is -2.15. The van der Waals surface area contributed by atoms with Gasteiger partial charge in [0.15, 0.2) is 0 Å². The van der Waals surface area contributed by atoms with Gasteiger partial charge in [0, 0.05) is 10.9 Å². The van der Waals surface area contributed by atoms with Crippen LogP contribution in [0.25, 0.3) is 0 Å². The Morgan fingerprint density at radius 1 is 1.27 bits per heavy atom. The fraction of sp³-hybridized carbons (Fsp3) is 0.333. The van der Waals surface area contributed by atoms with E-state index in [1.807, 2.05) is 0 Å². The third kappa shape index (κ3) is 4.70. The molecular weight excluding hydrogens is 298 g/mol. The lowest BCUT2D eigenvalue weighted by Gasteiger charge is -2.14. The smallest absolute Gasteiger partial charge is 0.233 e. The molecule has 1 heterocycles. The number of anilines is 2. The number of nitrogens with zero attached hydrogens (tertiary/aromatic N) is 3. The van der Waals surface area contributed by atoms with Gasteiger partial charge in [-0.3, -0.25) is 10.1 Å². The minimum absolute atomic E-state index is 0.210. The highest BCUT2D eigenvalue weighted by Crippen LogP contribution is 2.21. The standard InChI is InChI=1S/C15H19N5OS/c1-11(7-8-12-5-3-4-6-13(12)22-2)19-15-17-9-16-14(20-15)18-10-21/h3-6,9-11H,7-8H2,1-2H3,(H2,16,17,18,19,20,21). The molecule has 2 N–H and O–H groups in total. The van der Waals surface area contributed by atoms with E-state index in [-0.39, 0.29) is 12.0 Å². The first-order chi connectivity index (χ1) is 10.7. The molecule has 0 saturated heterocycles. The predicted octanol–water partition coefficient (Wildman–Crippen LogP) is 2.59. The van der Waals surface area contributed by atoms with Crippen LogP contribution in [0.1, 0.15) is 18.9 Å². The van der Waals surface area contributed by atoms with Crippen LogP contribution in [0.3, 0.4) is 0 Å². The quantitative estimate of drug-likeness (QED) is 0.575. The van der Waals surface area contributed by atoms with Gasteiger partial charge >= 0.3 is 0 Å². The molecule has 0 aliphatic rings. The SMILES string of the molecule is CSc1ccccc1CCC(C)Nc1ncnc(NC=O)n1. The number of aromatic nitrogens is 3. The summed E-state index contributed by atoms with van der Waals surface area (Å²) in [5, 5.41) is 5.63. The first-order valence-electron chi connectivity index (χ1n) is 7.00. The lowest BCUT2D eigenvalue weighted by atomic mass is 10.1. The van der Waals surface area contributed by atoms with E-state index < -0.39 is 0 Å². The molecule has 0 aliphatic heterocycles.